The molecule has 0 aliphatic rings. The number of nitrogens with two attached hydrogens (primary N) is 1. The number of amidine groups is 1. The molecule has 0 bridgehead atoms. The lowest BCUT2D eigenvalue weighted by molar-refractivity contribution is -0.120. The van der Waals surface area contributed by atoms with Gasteiger partial charge < -0.3 is 30.1 Å². The SMILES string of the molecule is CCOc1ccc(OCC)c(NC(=O)CO/N=C(/N)c2cccnc2Oc2ccccc2)c1. The number of carbonyl (C=O) groups is 1. The fraction of sp³-hybridized carbons (Fsp3) is 0.208. The Hall–Kier alpha value is -4.27. The highest BCUT2D eigenvalue weighted by molar-refractivity contribution is 5.99. The molecule has 0 saturated carbocycles. The molecule has 0 unspecified atom stereocenters. The first-order valence-corrected chi connectivity index (χ1v) is 10.4. The van der Waals surface area contributed by atoms with Crippen LogP contribution in [0.3, 0.4) is 0 Å². The molecule has 172 valence electrons. The molecule has 1 amide bonds. The topological polar surface area (TPSA) is 117 Å². The molecular formula is C24H26N4O5. The normalized spacial score (nSPS) is 10.9. The maximum atomic E-state index is 12.4. The molecule has 3 N–H and O–H groups in total. The summed E-state index contributed by atoms with van der Waals surface area (Å²) in [6.45, 7) is 4.33. The molecule has 0 radical (unpaired) electrons. The van der Waals surface area contributed by atoms with Gasteiger partial charge >= 0.3 is 0 Å². The lowest BCUT2D eigenvalue weighted by Crippen LogP contribution is -2.20. The second-order valence-corrected chi connectivity index (χ2v) is 6.59. The number of para-hydroxylation sites is 1. The third-order valence-corrected chi connectivity index (χ3v) is 4.20. The van der Waals surface area contributed by atoms with E-state index >= 15 is 0 Å². The Labute approximate surface area is 192 Å². The van der Waals surface area contributed by atoms with E-state index in [1.165, 1.54) is 0 Å². The van der Waals surface area contributed by atoms with Gasteiger partial charge in [0, 0.05) is 12.3 Å². The predicted molar refractivity (Wildman–Crippen MR) is 125 cm³/mol. The van der Waals surface area contributed by atoms with E-state index in [9.17, 15) is 4.79 Å². The van der Waals surface area contributed by atoms with Gasteiger partial charge in [-0.3, -0.25) is 4.79 Å². The zero-order valence-corrected chi connectivity index (χ0v) is 18.5. The number of hydrogen-bond donors (Lipinski definition) is 2. The van der Waals surface area contributed by atoms with Crippen LogP contribution in [0, 0.1) is 0 Å². The molecule has 0 fully saturated rings. The van der Waals surface area contributed by atoms with Gasteiger partial charge in [0.25, 0.3) is 5.91 Å². The number of ether oxygens (including phenoxy) is 3. The Morgan fingerprint density at radius 1 is 1.00 bits per heavy atom. The van der Waals surface area contributed by atoms with Crippen LogP contribution in [0.25, 0.3) is 0 Å². The van der Waals surface area contributed by atoms with Crippen molar-refractivity contribution in [2.45, 2.75) is 13.8 Å². The second kappa shape index (κ2) is 11.9. The fourth-order valence-electron chi connectivity index (χ4n) is 2.81. The van der Waals surface area contributed by atoms with E-state index in [0.29, 0.717) is 41.7 Å². The summed E-state index contributed by atoms with van der Waals surface area (Å²) in [7, 11) is 0. The summed E-state index contributed by atoms with van der Waals surface area (Å²) in [6.07, 6.45) is 1.58. The van der Waals surface area contributed by atoms with Gasteiger partial charge in [0.2, 0.25) is 5.88 Å². The van der Waals surface area contributed by atoms with E-state index in [-0.39, 0.29) is 18.3 Å². The number of rotatable bonds is 11. The van der Waals surface area contributed by atoms with Gasteiger partial charge in [-0.05, 0) is 50.2 Å². The molecule has 1 aromatic heterocycles. The van der Waals surface area contributed by atoms with Crippen LogP contribution >= 0.6 is 0 Å². The Morgan fingerprint density at radius 2 is 1.79 bits per heavy atom. The van der Waals surface area contributed by atoms with Gasteiger partial charge in [-0.25, -0.2) is 4.98 Å². The predicted octanol–water partition coefficient (Wildman–Crippen LogP) is 3.95. The van der Waals surface area contributed by atoms with E-state index in [4.69, 9.17) is 24.8 Å². The van der Waals surface area contributed by atoms with Crippen LogP contribution in [-0.2, 0) is 9.63 Å². The average molecular weight is 450 g/mol. The molecular weight excluding hydrogens is 424 g/mol. The van der Waals surface area contributed by atoms with Crippen molar-refractivity contribution in [3.63, 3.8) is 0 Å². The van der Waals surface area contributed by atoms with Gasteiger partial charge in [-0.2, -0.15) is 0 Å². The number of amides is 1. The van der Waals surface area contributed by atoms with Crippen LogP contribution in [0.4, 0.5) is 5.69 Å². The van der Waals surface area contributed by atoms with Crippen molar-refractivity contribution in [3.8, 4) is 23.1 Å². The van der Waals surface area contributed by atoms with Gasteiger partial charge in [-0.15, -0.1) is 0 Å². The first-order chi connectivity index (χ1) is 16.1. The number of anilines is 1. The van der Waals surface area contributed by atoms with E-state index in [2.05, 4.69) is 15.5 Å². The van der Waals surface area contributed by atoms with Gasteiger partial charge in [0.05, 0.1) is 24.5 Å². The van der Waals surface area contributed by atoms with Crippen LogP contribution in [0.2, 0.25) is 0 Å². The molecule has 0 saturated heterocycles. The maximum Gasteiger partial charge on any atom is 0.265 e. The number of aromatic nitrogens is 1. The van der Waals surface area contributed by atoms with Crippen molar-refractivity contribution in [2.24, 2.45) is 10.9 Å². The number of nitrogens with one attached hydrogen (secondary N) is 1. The van der Waals surface area contributed by atoms with Crippen molar-refractivity contribution in [3.05, 3.63) is 72.4 Å². The summed E-state index contributed by atoms with van der Waals surface area (Å²) in [4.78, 5) is 21.7. The number of pyridine rings is 1. The van der Waals surface area contributed by atoms with E-state index < -0.39 is 5.91 Å². The van der Waals surface area contributed by atoms with Crippen molar-refractivity contribution < 1.29 is 23.8 Å². The molecule has 0 aliphatic carbocycles. The third-order valence-electron chi connectivity index (χ3n) is 4.20. The standard InChI is InChI=1S/C24H26N4O5/c1-3-30-18-12-13-21(31-4-2)20(15-18)27-22(29)16-32-28-23(25)19-11-8-14-26-24(19)33-17-9-6-5-7-10-17/h5-15H,3-4,16H2,1-2H3,(H2,25,28)(H,27,29). The first kappa shape index (κ1) is 23.4. The Balaban J connectivity index is 1.64. The van der Waals surface area contributed by atoms with Crippen LogP contribution in [0.5, 0.6) is 23.1 Å². The highest BCUT2D eigenvalue weighted by atomic mass is 16.6. The maximum absolute atomic E-state index is 12.4. The number of nitrogens with zero attached hydrogens (tertiary/aromatic N) is 2. The minimum Gasteiger partial charge on any atom is -0.494 e. The molecule has 2 aromatic carbocycles. The minimum atomic E-state index is -0.437. The summed E-state index contributed by atoms with van der Waals surface area (Å²) < 4.78 is 16.8. The van der Waals surface area contributed by atoms with Crippen molar-refractivity contribution in [2.75, 3.05) is 25.1 Å². The van der Waals surface area contributed by atoms with Gasteiger partial charge in [0.1, 0.15) is 17.2 Å². The Bertz CT molecular complexity index is 1090. The Kier molecular flexibility index (Phi) is 8.47. The quantitative estimate of drug-likeness (QED) is 0.258. The smallest absolute Gasteiger partial charge is 0.265 e. The molecule has 3 aromatic rings. The number of carbonyl (C=O) groups excluding carboxylic acids is 1. The fourth-order valence-corrected chi connectivity index (χ4v) is 2.81. The molecule has 0 aliphatic heterocycles. The molecule has 9 nitrogen and oxygen atoms in total. The summed E-state index contributed by atoms with van der Waals surface area (Å²) in [6, 6.07) is 17.7. The van der Waals surface area contributed by atoms with Gasteiger partial charge in [0.15, 0.2) is 12.4 Å². The largest absolute Gasteiger partial charge is 0.494 e. The second-order valence-electron chi connectivity index (χ2n) is 6.59. The number of hydrogen-bond acceptors (Lipinski definition) is 7. The lowest BCUT2D eigenvalue weighted by Gasteiger charge is -2.13. The lowest BCUT2D eigenvalue weighted by atomic mass is 10.2. The van der Waals surface area contributed by atoms with E-state index in [0.717, 1.165) is 0 Å². The van der Waals surface area contributed by atoms with Crippen molar-refractivity contribution >= 4 is 17.4 Å². The molecule has 0 atom stereocenters. The van der Waals surface area contributed by atoms with E-state index in [1.807, 2.05) is 32.0 Å². The summed E-state index contributed by atoms with van der Waals surface area (Å²) in [5.74, 6) is 1.60. The minimum absolute atomic E-state index is 0.0233. The first-order valence-electron chi connectivity index (χ1n) is 10.4. The highest BCUT2D eigenvalue weighted by Crippen LogP contribution is 2.29. The zero-order chi connectivity index (χ0) is 23.5. The number of oxime groups is 1. The van der Waals surface area contributed by atoms with Crippen LogP contribution in [0.1, 0.15) is 19.4 Å². The molecule has 9 heteroatoms. The molecule has 33 heavy (non-hydrogen) atoms. The zero-order valence-electron chi connectivity index (χ0n) is 18.5. The van der Waals surface area contributed by atoms with Crippen molar-refractivity contribution in [1.29, 1.82) is 0 Å². The summed E-state index contributed by atoms with van der Waals surface area (Å²) >= 11 is 0. The molecule has 1 heterocycles. The van der Waals surface area contributed by atoms with Gasteiger partial charge in [-0.1, -0.05) is 23.4 Å². The molecule has 3 rings (SSSR count). The summed E-state index contributed by atoms with van der Waals surface area (Å²) in [5.41, 5.74) is 6.95. The number of benzene rings is 2. The highest BCUT2D eigenvalue weighted by Gasteiger charge is 2.13. The van der Waals surface area contributed by atoms with E-state index in [1.54, 1.807) is 48.7 Å². The van der Waals surface area contributed by atoms with Crippen LogP contribution in [-0.4, -0.2) is 36.5 Å². The molecule has 0 spiro atoms. The van der Waals surface area contributed by atoms with Crippen LogP contribution in [0.15, 0.2) is 72.0 Å². The van der Waals surface area contributed by atoms with Crippen molar-refractivity contribution in [1.82, 2.24) is 4.98 Å². The average Bonchev–Trinajstić information content (AvgIpc) is 2.82. The third kappa shape index (κ3) is 6.86. The summed E-state index contributed by atoms with van der Waals surface area (Å²) in [5, 5.41) is 6.58. The Morgan fingerprint density at radius 3 is 2.55 bits per heavy atom. The monoisotopic (exact) mass is 450 g/mol. The van der Waals surface area contributed by atoms with Crippen LogP contribution < -0.4 is 25.3 Å².